The van der Waals surface area contributed by atoms with Crippen molar-refractivity contribution in [1.29, 1.82) is 0 Å². The normalized spacial score (nSPS) is 11.3. The second-order valence-corrected chi connectivity index (χ2v) is 4.92. The highest BCUT2D eigenvalue weighted by Crippen LogP contribution is 2.28. The van der Waals surface area contributed by atoms with Crippen LogP contribution in [0.4, 0.5) is 5.69 Å². The lowest BCUT2D eigenvalue weighted by molar-refractivity contribution is -0.385. The summed E-state index contributed by atoms with van der Waals surface area (Å²) in [4.78, 5) is 34.0. The number of rotatable bonds is 6. The Morgan fingerprint density at radius 3 is 2.36 bits per heavy atom. The van der Waals surface area contributed by atoms with E-state index in [1.165, 1.54) is 19.1 Å². The summed E-state index contributed by atoms with van der Waals surface area (Å²) in [6.07, 6.45) is -1.20. The molecule has 0 spiro atoms. The minimum absolute atomic E-state index is 0.217. The summed E-state index contributed by atoms with van der Waals surface area (Å²) in [7, 11) is 1.14. The summed E-state index contributed by atoms with van der Waals surface area (Å²) in [5, 5.41) is 11.1. The number of nitrogens with zero attached hydrogens (tertiary/aromatic N) is 1. The quantitative estimate of drug-likeness (QED) is 0.450. The third kappa shape index (κ3) is 4.54. The van der Waals surface area contributed by atoms with Crippen LogP contribution in [0.5, 0.6) is 11.5 Å². The summed E-state index contributed by atoms with van der Waals surface area (Å²) in [6.45, 7) is 1.31. The van der Waals surface area contributed by atoms with Crippen molar-refractivity contribution in [3.8, 4) is 11.5 Å². The molecular weight excluding hydrogens is 330 g/mol. The summed E-state index contributed by atoms with van der Waals surface area (Å²) in [5.41, 5.74) is -0.781. The van der Waals surface area contributed by atoms with E-state index in [0.717, 1.165) is 13.2 Å². The molecule has 0 bridgehead atoms. The first kappa shape index (κ1) is 17.9. The monoisotopic (exact) mass is 345 g/mol. The van der Waals surface area contributed by atoms with Gasteiger partial charge in [-0.15, -0.1) is 0 Å². The first-order chi connectivity index (χ1) is 11.9. The van der Waals surface area contributed by atoms with Crippen molar-refractivity contribution < 1.29 is 28.7 Å². The van der Waals surface area contributed by atoms with Crippen molar-refractivity contribution in [2.24, 2.45) is 0 Å². The van der Waals surface area contributed by atoms with E-state index in [1.807, 2.05) is 0 Å². The minimum atomic E-state index is -1.20. The van der Waals surface area contributed by atoms with E-state index < -0.39 is 28.7 Å². The Labute approximate surface area is 143 Å². The molecule has 2 aromatic carbocycles. The third-order valence-electron chi connectivity index (χ3n) is 3.18. The largest absolute Gasteiger partial charge is 0.466 e. The Hall–Kier alpha value is -3.42. The van der Waals surface area contributed by atoms with Crippen molar-refractivity contribution in [2.45, 2.75) is 13.0 Å². The second-order valence-electron chi connectivity index (χ2n) is 4.92. The average Bonchev–Trinajstić information content (AvgIpc) is 2.61. The van der Waals surface area contributed by atoms with Gasteiger partial charge in [-0.05, 0) is 25.1 Å². The highest BCUT2D eigenvalue weighted by Gasteiger charge is 2.26. The lowest BCUT2D eigenvalue weighted by Crippen LogP contribution is -2.25. The molecule has 2 aromatic rings. The van der Waals surface area contributed by atoms with Crippen LogP contribution < -0.4 is 4.74 Å². The van der Waals surface area contributed by atoms with E-state index in [0.29, 0.717) is 5.75 Å². The fraction of sp³-hybridized carbons (Fsp3) is 0.176. The molecular formula is C17H15NO7. The molecule has 1 unspecified atom stereocenters. The molecule has 0 aliphatic rings. The van der Waals surface area contributed by atoms with Gasteiger partial charge in [-0.3, -0.25) is 10.1 Å². The molecule has 8 nitrogen and oxygen atoms in total. The van der Waals surface area contributed by atoms with Crippen molar-refractivity contribution >= 4 is 17.6 Å². The standard InChI is InChI=1S/C17H15NO7/c1-11(16(19)23-2)24-17(20)14-10-13(8-9-15(14)18(21)22)25-12-6-4-3-5-7-12/h3-11H,1-2H3. The molecule has 0 heterocycles. The highest BCUT2D eigenvalue weighted by molar-refractivity contribution is 5.95. The Balaban J connectivity index is 2.30. The fourth-order valence-corrected chi connectivity index (χ4v) is 1.96. The number of methoxy groups -OCH3 is 1. The van der Waals surface area contributed by atoms with Crippen molar-refractivity contribution in [3.63, 3.8) is 0 Å². The first-order valence-corrected chi connectivity index (χ1v) is 7.22. The lowest BCUT2D eigenvalue weighted by Gasteiger charge is -2.12. The van der Waals surface area contributed by atoms with Gasteiger partial charge in [0.15, 0.2) is 6.10 Å². The summed E-state index contributed by atoms with van der Waals surface area (Å²) < 4.78 is 14.9. The van der Waals surface area contributed by atoms with E-state index in [2.05, 4.69) is 4.74 Å². The SMILES string of the molecule is COC(=O)C(C)OC(=O)c1cc(Oc2ccccc2)ccc1[N+](=O)[O-]. The number of ether oxygens (including phenoxy) is 3. The maximum Gasteiger partial charge on any atom is 0.346 e. The van der Waals surface area contributed by atoms with Gasteiger partial charge in [0, 0.05) is 12.1 Å². The fourth-order valence-electron chi connectivity index (χ4n) is 1.96. The van der Waals surface area contributed by atoms with Crippen LogP contribution in [-0.2, 0) is 14.3 Å². The van der Waals surface area contributed by atoms with Crippen LogP contribution in [0.2, 0.25) is 0 Å². The Bertz CT molecular complexity index is 789. The molecule has 0 N–H and O–H groups in total. The second kappa shape index (κ2) is 7.91. The van der Waals surface area contributed by atoms with Crippen LogP contribution in [0, 0.1) is 10.1 Å². The number of hydrogen-bond donors (Lipinski definition) is 0. The Kier molecular flexibility index (Phi) is 5.67. The average molecular weight is 345 g/mol. The number of hydrogen-bond acceptors (Lipinski definition) is 7. The minimum Gasteiger partial charge on any atom is -0.466 e. The number of carbonyl (C=O) groups is 2. The molecule has 0 aromatic heterocycles. The van der Waals surface area contributed by atoms with Gasteiger partial charge in [0.05, 0.1) is 12.0 Å². The smallest absolute Gasteiger partial charge is 0.346 e. The number of nitro groups is 1. The first-order valence-electron chi connectivity index (χ1n) is 7.22. The van der Waals surface area contributed by atoms with E-state index in [9.17, 15) is 19.7 Å². The van der Waals surface area contributed by atoms with Crippen LogP contribution in [0.15, 0.2) is 48.5 Å². The molecule has 2 rings (SSSR count). The maximum absolute atomic E-state index is 12.2. The van der Waals surface area contributed by atoms with Gasteiger partial charge in [-0.2, -0.15) is 0 Å². The van der Waals surface area contributed by atoms with Gasteiger partial charge in [-0.1, -0.05) is 18.2 Å². The van der Waals surface area contributed by atoms with Crippen LogP contribution in [0.3, 0.4) is 0 Å². The third-order valence-corrected chi connectivity index (χ3v) is 3.18. The van der Waals surface area contributed by atoms with Gasteiger partial charge in [-0.25, -0.2) is 9.59 Å². The van der Waals surface area contributed by atoms with Crippen molar-refractivity contribution in [1.82, 2.24) is 0 Å². The summed E-state index contributed by atoms with van der Waals surface area (Å²) in [5.74, 6) is -1.08. The molecule has 0 amide bonds. The van der Waals surface area contributed by atoms with E-state index in [-0.39, 0.29) is 11.3 Å². The van der Waals surface area contributed by atoms with Crippen LogP contribution in [0.25, 0.3) is 0 Å². The van der Waals surface area contributed by atoms with Crippen LogP contribution >= 0.6 is 0 Å². The van der Waals surface area contributed by atoms with E-state index in [4.69, 9.17) is 9.47 Å². The van der Waals surface area contributed by atoms with E-state index >= 15 is 0 Å². The molecule has 0 aliphatic heterocycles. The predicted octanol–water partition coefficient (Wildman–Crippen LogP) is 3.11. The van der Waals surface area contributed by atoms with Gasteiger partial charge in [0.1, 0.15) is 17.1 Å². The number of nitro benzene ring substituents is 1. The number of para-hydroxylation sites is 1. The van der Waals surface area contributed by atoms with E-state index in [1.54, 1.807) is 30.3 Å². The molecule has 0 saturated heterocycles. The van der Waals surface area contributed by atoms with Crippen molar-refractivity contribution in [2.75, 3.05) is 7.11 Å². The summed E-state index contributed by atoms with van der Waals surface area (Å²) in [6, 6.07) is 12.4. The van der Waals surface area contributed by atoms with Gasteiger partial charge < -0.3 is 14.2 Å². The summed E-state index contributed by atoms with van der Waals surface area (Å²) >= 11 is 0. The molecule has 0 aliphatic carbocycles. The molecule has 25 heavy (non-hydrogen) atoms. The molecule has 0 radical (unpaired) electrons. The molecule has 8 heteroatoms. The van der Waals surface area contributed by atoms with Gasteiger partial charge >= 0.3 is 11.9 Å². The van der Waals surface area contributed by atoms with Gasteiger partial charge in [0.2, 0.25) is 0 Å². The van der Waals surface area contributed by atoms with Gasteiger partial charge in [0.25, 0.3) is 5.69 Å². The molecule has 130 valence electrons. The lowest BCUT2D eigenvalue weighted by atomic mass is 10.1. The molecule has 0 fully saturated rings. The Morgan fingerprint density at radius 1 is 1.08 bits per heavy atom. The van der Waals surface area contributed by atoms with Crippen LogP contribution in [0.1, 0.15) is 17.3 Å². The maximum atomic E-state index is 12.2. The highest BCUT2D eigenvalue weighted by atomic mass is 16.6. The predicted molar refractivity (Wildman–Crippen MR) is 86.5 cm³/mol. The number of carbonyl (C=O) groups excluding carboxylic acids is 2. The van der Waals surface area contributed by atoms with Crippen molar-refractivity contribution in [3.05, 3.63) is 64.2 Å². The number of esters is 2. The molecule has 0 saturated carbocycles. The topological polar surface area (TPSA) is 105 Å². The Morgan fingerprint density at radius 2 is 1.76 bits per heavy atom. The number of benzene rings is 2. The molecule has 1 atom stereocenters. The zero-order valence-electron chi connectivity index (χ0n) is 13.5. The van der Waals surface area contributed by atoms with Crippen LogP contribution in [-0.4, -0.2) is 30.1 Å². The zero-order chi connectivity index (χ0) is 18.4. The zero-order valence-corrected chi connectivity index (χ0v) is 13.5.